The second-order valence-corrected chi connectivity index (χ2v) is 8.33. The van der Waals surface area contributed by atoms with Gasteiger partial charge >= 0.3 is 6.18 Å². The number of carbonyl (C=O) groups is 2. The smallest absolute Gasteiger partial charge is 0.385 e. The first kappa shape index (κ1) is 22.6. The number of piperazine rings is 1. The van der Waals surface area contributed by atoms with Gasteiger partial charge in [0.1, 0.15) is 0 Å². The van der Waals surface area contributed by atoms with Crippen LogP contribution in [0.5, 0.6) is 0 Å². The van der Waals surface area contributed by atoms with Crippen molar-refractivity contribution >= 4 is 11.8 Å². The highest BCUT2D eigenvalue weighted by molar-refractivity contribution is 5.89. The summed E-state index contributed by atoms with van der Waals surface area (Å²) < 4.78 is 39.0. The van der Waals surface area contributed by atoms with Crippen LogP contribution in [0.15, 0.2) is 24.3 Å². The molecule has 2 amide bonds. The molecule has 0 unspecified atom stereocenters. The van der Waals surface area contributed by atoms with Crippen LogP contribution in [-0.4, -0.2) is 65.0 Å². The number of piperidine rings is 1. The molecule has 1 aromatic rings. The van der Waals surface area contributed by atoms with E-state index in [0.717, 1.165) is 12.1 Å². The van der Waals surface area contributed by atoms with Crippen molar-refractivity contribution in [3.63, 3.8) is 0 Å². The molecule has 0 spiro atoms. The molecule has 0 bridgehead atoms. The van der Waals surface area contributed by atoms with Crippen molar-refractivity contribution in [2.75, 3.05) is 26.2 Å². The second-order valence-electron chi connectivity index (χ2n) is 8.33. The fourth-order valence-electron chi connectivity index (χ4n) is 4.25. The van der Waals surface area contributed by atoms with Crippen molar-refractivity contribution in [3.05, 3.63) is 35.4 Å². The summed E-state index contributed by atoms with van der Waals surface area (Å²) in [5.41, 5.74) is -2.00. The number of benzene rings is 1. The second kappa shape index (κ2) is 8.55. The summed E-state index contributed by atoms with van der Waals surface area (Å²) >= 11 is 0. The minimum atomic E-state index is -4.48. The molecule has 2 fully saturated rings. The molecule has 0 saturated carbocycles. The molecule has 166 valence electrons. The third-order valence-corrected chi connectivity index (χ3v) is 6.07. The molecule has 2 aliphatic rings. The predicted molar refractivity (Wildman–Crippen MR) is 104 cm³/mol. The molecule has 1 aromatic carbocycles. The van der Waals surface area contributed by atoms with Gasteiger partial charge in [-0.3, -0.25) is 14.5 Å². The molecular formula is C21H28F3N3O3. The standard InChI is InChI=1S/C21H28F3N3O3/c1-14(2)27-11-8-25-19(29)17(27)13-18(28)26-9-6-20(30,7-10-26)15-4-3-5-16(12-15)21(22,23)24/h3-5,12,14,17,30H,6-11,13H2,1-2H3,(H,25,29)/t17-/m0/s1. The topological polar surface area (TPSA) is 72.9 Å². The maximum Gasteiger partial charge on any atom is 0.416 e. The molecule has 1 atom stereocenters. The Morgan fingerprint density at radius 3 is 2.53 bits per heavy atom. The number of hydrogen-bond donors (Lipinski definition) is 2. The zero-order valence-corrected chi connectivity index (χ0v) is 17.2. The lowest BCUT2D eigenvalue weighted by Crippen LogP contribution is -2.59. The summed E-state index contributed by atoms with van der Waals surface area (Å²) in [6.07, 6.45) is -4.15. The zero-order chi connectivity index (χ0) is 22.1. The lowest BCUT2D eigenvalue weighted by Gasteiger charge is -2.41. The minimum Gasteiger partial charge on any atom is -0.385 e. The van der Waals surface area contributed by atoms with Gasteiger partial charge < -0.3 is 15.3 Å². The van der Waals surface area contributed by atoms with E-state index in [4.69, 9.17) is 0 Å². The van der Waals surface area contributed by atoms with E-state index >= 15 is 0 Å². The van der Waals surface area contributed by atoms with E-state index in [1.165, 1.54) is 12.1 Å². The fourth-order valence-corrected chi connectivity index (χ4v) is 4.25. The molecule has 9 heteroatoms. The van der Waals surface area contributed by atoms with Gasteiger partial charge in [-0.15, -0.1) is 0 Å². The Morgan fingerprint density at radius 1 is 1.27 bits per heavy atom. The number of likely N-dealkylation sites (tertiary alicyclic amines) is 1. The molecule has 0 aromatic heterocycles. The molecule has 30 heavy (non-hydrogen) atoms. The van der Waals surface area contributed by atoms with Crippen LogP contribution < -0.4 is 5.32 Å². The predicted octanol–water partition coefficient (Wildman–Crippen LogP) is 2.11. The van der Waals surface area contributed by atoms with Crippen LogP contribution in [0.1, 0.15) is 44.2 Å². The van der Waals surface area contributed by atoms with Gasteiger partial charge in [0.25, 0.3) is 0 Å². The number of hydrogen-bond acceptors (Lipinski definition) is 4. The molecule has 0 aliphatic carbocycles. The number of amides is 2. The summed E-state index contributed by atoms with van der Waals surface area (Å²) in [5, 5.41) is 13.7. The highest BCUT2D eigenvalue weighted by Gasteiger charge is 2.39. The van der Waals surface area contributed by atoms with Crippen molar-refractivity contribution in [2.24, 2.45) is 0 Å². The number of nitrogens with one attached hydrogen (secondary N) is 1. The Kier molecular flexibility index (Phi) is 6.43. The molecule has 2 aliphatic heterocycles. The summed E-state index contributed by atoms with van der Waals surface area (Å²) in [4.78, 5) is 28.7. The van der Waals surface area contributed by atoms with E-state index in [1.54, 1.807) is 4.90 Å². The van der Waals surface area contributed by atoms with Gasteiger partial charge in [0.15, 0.2) is 0 Å². The third-order valence-electron chi connectivity index (χ3n) is 6.07. The Balaban J connectivity index is 1.65. The largest absolute Gasteiger partial charge is 0.416 e. The Morgan fingerprint density at radius 2 is 1.93 bits per heavy atom. The van der Waals surface area contributed by atoms with Crippen molar-refractivity contribution < 1.29 is 27.9 Å². The van der Waals surface area contributed by atoms with Crippen LogP contribution in [0.25, 0.3) is 0 Å². The summed E-state index contributed by atoms with van der Waals surface area (Å²) in [6, 6.07) is 4.32. The van der Waals surface area contributed by atoms with Crippen LogP contribution in [0.2, 0.25) is 0 Å². The van der Waals surface area contributed by atoms with Crippen molar-refractivity contribution in [1.29, 1.82) is 0 Å². The fraction of sp³-hybridized carbons (Fsp3) is 0.619. The van der Waals surface area contributed by atoms with E-state index in [-0.39, 0.29) is 55.8 Å². The van der Waals surface area contributed by atoms with Gasteiger partial charge in [0, 0.05) is 32.2 Å². The number of rotatable bonds is 4. The Labute approximate surface area is 174 Å². The summed E-state index contributed by atoms with van der Waals surface area (Å²) in [7, 11) is 0. The highest BCUT2D eigenvalue weighted by atomic mass is 19.4. The highest BCUT2D eigenvalue weighted by Crippen LogP contribution is 2.37. The minimum absolute atomic E-state index is 0.0476. The lowest BCUT2D eigenvalue weighted by molar-refractivity contribution is -0.142. The quantitative estimate of drug-likeness (QED) is 0.772. The van der Waals surface area contributed by atoms with Crippen molar-refractivity contribution in [3.8, 4) is 0 Å². The van der Waals surface area contributed by atoms with Crippen LogP contribution in [0.4, 0.5) is 13.2 Å². The average molecular weight is 427 g/mol. The molecule has 2 saturated heterocycles. The maximum atomic E-state index is 13.0. The number of carbonyl (C=O) groups excluding carboxylic acids is 2. The van der Waals surface area contributed by atoms with Gasteiger partial charge in [-0.25, -0.2) is 0 Å². The molecule has 2 N–H and O–H groups in total. The SMILES string of the molecule is CC(C)N1CCNC(=O)[C@@H]1CC(=O)N1CCC(O)(c2cccc(C(F)(F)F)c2)CC1. The van der Waals surface area contributed by atoms with E-state index in [1.807, 2.05) is 18.7 Å². The maximum absolute atomic E-state index is 13.0. The first-order valence-corrected chi connectivity index (χ1v) is 10.2. The lowest BCUT2D eigenvalue weighted by atomic mass is 9.83. The molecule has 3 rings (SSSR count). The van der Waals surface area contributed by atoms with Gasteiger partial charge in [-0.05, 0) is 44.4 Å². The van der Waals surface area contributed by atoms with E-state index in [9.17, 15) is 27.9 Å². The van der Waals surface area contributed by atoms with Crippen LogP contribution in [0, 0.1) is 0 Å². The van der Waals surface area contributed by atoms with Crippen molar-refractivity contribution in [2.45, 2.75) is 57.0 Å². The van der Waals surface area contributed by atoms with Crippen LogP contribution in [-0.2, 0) is 21.4 Å². The number of alkyl halides is 3. The van der Waals surface area contributed by atoms with E-state index < -0.39 is 23.4 Å². The van der Waals surface area contributed by atoms with Gasteiger partial charge in [0.2, 0.25) is 11.8 Å². The average Bonchev–Trinajstić information content (AvgIpc) is 2.69. The summed E-state index contributed by atoms with van der Waals surface area (Å²) in [5.74, 6) is -0.352. The number of aliphatic hydroxyl groups is 1. The Hall–Kier alpha value is -2.13. The molecular weight excluding hydrogens is 399 g/mol. The van der Waals surface area contributed by atoms with Crippen LogP contribution in [0.3, 0.4) is 0 Å². The van der Waals surface area contributed by atoms with E-state index in [2.05, 4.69) is 5.32 Å². The zero-order valence-electron chi connectivity index (χ0n) is 17.2. The van der Waals surface area contributed by atoms with Crippen LogP contribution >= 0.6 is 0 Å². The normalized spacial score (nSPS) is 22.8. The first-order chi connectivity index (χ1) is 14.0. The van der Waals surface area contributed by atoms with Gasteiger partial charge in [-0.2, -0.15) is 13.2 Å². The summed E-state index contributed by atoms with van der Waals surface area (Å²) in [6.45, 7) is 5.63. The van der Waals surface area contributed by atoms with Gasteiger partial charge in [-0.1, -0.05) is 12.1 Å². The van der Waals surface area contributed by atoms with E-state index in [0.29, 0.717) is 13.1 Å². The monoisotopic (exact) mass is 427 g/mol. The molecule has 0 radical (unpaired) electrons. The Bertz CT molecular complexity index is 789. The third kappa shape index (κ3) is 4.78. The number of nitrogens with zero attached hydrogens (tertiary/aromatic N) is 2. The first-order valence-electron chi connectivity index (χ1n) is 10.2. The molecule has 6 nitrogen and oxygen atoms in total. The number of halogens is 3. The molecule has 2 heterocycles. The van der Waals surface area contributed by atoms with Gasteiger partial charge in [0.05, 0.1) is 23.6 Å². The van der Waals surface area contributed by atoms with Crippen molar-refractivity contribution in [1.82, 2.24) is 15.1 Å².